The smallest absolute Gasteiger partial charge is 0.430 e. The van der Waals surface area contributed by atoms with E-state index in [0.717, 1.165) is 25.8 Å². The van der Waals surface area contributed by atoms with Crippen LogP contribution in [0.2, 0.25) is 0 Å². The first-order valence-corrected chi connectivity index (χ1v) is 12.7. The van der Waals surface area contributed by atoms with Gasteiger partial charge in [-0.05, 0) is 55.8 Å². The lowest BCUT2D eigenvalue weighted by Gasteiger charge is -2.79. The quantitative estimate of drug-likeness (QED) is 0.587. The lowest BCUT2D eigenvalue weighted by Crippen LogP contribution is -3.32. The van der Waals surface area contributed by atoms with Crippen LogP contribution in [-0.4, -0.2) is 48.6 Å². The van der Waals surface area contributed by atoms with E-state index in [0.29, 0.717) is 47.5 Å². The fraction of sp³-hybridized carbons (Fsp3) is 0.920. The van der Waals surface area contributed by atoms with Crippen LogP contribution in [0.3, 0.4) is 0 Å². The molecular weight excluding hydrogens is 451 g/mol. The van der Waals surface area contributed by atoms with Crippen molar-refractivity contribution in [1.29, 1.82) is 0 Å². The molecule has 9 atom stereocenters. The van der Waals surface area contributed by atoms with Crippen molar-refractivity contribution < 1.29 is 42.6 Å². The lowest BCUT2D eigenvalue weighted by molar-refractivity contribution is -1.05. The topological polar surface area (TPSA) is 91.1 Å². The standard InChI is InChI=1S/C23H37NO3.C2HF3O2/c1-14(2)16-7-10-21(3)15-12-18-17-6-5-9-23(18,26)24(13-15)20(16)22(17,21)11-8-19(25)27-4;3-2(4,5)1(6)7/h14-18,20,26H,5-13H2,1-4H3;(H,6,7)/t15-,16-,17+,18-,20+,21-,22+,23-;/m1./s1. The monoisotopic (exact) mass is 489 g/mol. The van der Waals surface area contributed by atoms with Gasteiger partial charge in [-0.3, -0.25) is 4.79 Å². The minimum atomic E-state index is -5.19. The van der Waals surface area contributed by atoms with Gasteiger partial charge in [-0.15, -0.1) is 0 Å². The summed E-state index contributed by atoms with van der Waals surface area (Å²) in [5.41, 5.74) is 0.0489. The summed E-state index contributed by atoms with van der Waals surface area (Å²) >= 11 is 0. The number of hydrogen-bond donors (Lipinski definition) is 2. The van der Waals surface area contributed by atoms with Crippen molar-refractivity contribution in [3.05, 3.63) is 0 Å². The molecule has 6 nitrogen and oxygen atoms in total. The van der Waals surface area contributed by atoms with Gasteiger partial charge < -0.3 is 24.6 Å². The van der Waals surface area contributed by atoms with E-state index >= 15 is 0 Å². The maximum Gasteiger partial charge on any atom is 0.430 e. The highest BCUT2D eigenvalue weighted by molar-refractivity contribution is 5.70. The Bertz CT molecular complexity index is 834. The molecule has 34 heavy (non-hydrogen) atoms. The third kappa shape index (κ3) is 3.43. The summed E-state index contributed by atoms with van der Waals surface area (Å²) in [4.78, 5) is 22.5. The van der Waals surface area contributed by atoms with Crippen molar-refractivity contribution >= 4 is 11.9 Å². The summed E-state index contributed by atoms with van der Waals surface area (Å²) < 4.78 is 36.6. The molecule has 0 amide bonds. The summed E-state index contributed by atoms with van der Waals surface area (Å²) in [6, 6.07) is 0.518. The van der Waals surface area contributed by atoms with Crippen LogP contribution in [0.25, 0.3) is 0 Å². The number of esters is 1. The number of piperidine rings is 3. The summed E-state index contributed by atoms with van der Waals surface area (Å²) in [7, 11) is 1.52. The van der Waals surface area contributed by atoms with E-state index in [2.05, 4.69) is 20.8 Å². The lowest BCUT2D eigenvalue weighted by atomic mass is 9.31. The van der Waals surface area contributed by atoms with Gasteiger partial charge >= 0.3 is 12.1 Å². The number of carboxylic acids is 1. The second-order valence-electron chi connectivity index (χ2n) is 11.9. The Morgan fingerprint density at radius 1 is 1.21 bits per heavy atom. The van der Waals surface area contributed by atoms with Gasteiger partial charge in [0.05, 0.1) is 19.7 Å². The van der Waals surface area contributed by atoms with E-state index in [1.54, 1.807) is 0 Å². The largest absolute Gasteiger partial charge is 0.542 e. The van der Waals surface area contributed by atoms with E-state index in [9.17, 15) is 23.1 Å². The first-order valence-electron chi connectivity index (χ1n) is 12.7. The van der Waals surface area contributed by atoms with Crippen molar-refractivity contribution in [3.63, 3.8) is 0 Å². The highest BCUT2D eigenvalue weighted by Crippen LogP contribution is 2.73. The average molecular weight is 490 g/mol. The normalized spacial score (nSPS) is 46.0. The maximum atomic E-state index is 12.2. The highest BCUT2D eigenvalue weighted by Gasteiger charge is 2.81. The predicted octanol–water partition coefficient (Wildman–Crippen LogP) is 1.70. The second-order valence-corrected chi connectivity index (χ2v) is 11.9. The fourth-order valence-electron chi connectivity index (χ4n) is 9.57. The molecule has 6 aliphatic rings. The second kappa shape index (κ2) is 8.36. The van der Waals surface area contributed by atoms with Crippen LogP contribution >= 0.6 is 0 Å². The zero-order valence-corrected chi connectivity index (χ0v) is 20.5. The van der Waals surface area contributed by atoms with Gasteiger partial charge in [0, 0.05) is 36.0 Å². The number of carbonyl (C=O) groups is 2. The molecule has 3 saturated heterocycles. The van der Waals surface area contributed by atoms with Crippen LogP contribution in [0.15, 0.2) is 0 Å². The van der Waals surface area contributed by atoms with E-state index in [4.69, 9.17) is 14.6 Å². The zero-order chi connectivity index (χ0) is 25.3. The number of carboxylic acid groups (broad SMARTS) is 1. The Morgan fingerprint density at radius 2 is 1.85 bits per heavy atom. The molecule has 0 spiro atoms. The molecule has 1 unspecified atom stereocenters. The number of aliphatic carboxylic acids is 1. The van der Waals surface area contributed by atoms with Gasteiger partial charge in [-0.2, -0.15) is 13.2 Å². The Kier molecular flexibility index (Phi) is 6.32. The summed E-state index contributed by atoms with van der Waals surface area (Å²) in [6.07, 6.45) is 3.56. The van der Waals surface area contributed by atoms with Crippen molar-refractivity contribution in [2.75, 3.05) is 13.7 Å². The predicted molar refractivity (Wildman–Crippen MR) is 114 cm³/mol. The molecular formula is C25H38F3NO5. The number of quaternary nitrogens is 1. The Labute approximate surface area is 199 Å². The number of alkyl halides is 3. The number of nitrogens with one attached hydrogen (secondary N) is 1. The first-order chi connectivity index (χ1) is 15.7. The highest BCUT2D eigenvalue weighted by atomic mass is 19.4. The summed E-state index contributed by atoms with van der Waals surface area (Å²) in [5.74, 6) is 0.0126. The fourth-order valence-corrected chi connectivity index (χ4v) is 9.57. The van der Waals surface area contributed by atoms with Crippen molar-refractivity contribution in [2.45, 2.75) is 90.1 Å². The van der Waals surface area contributed by atoms with Crippen LogP contribution in [0, 0.1) is 40.4 Å². The van der Waals surface area contributed by atoms with E-state index in [1.807, 2.05) is 0 Å². The van der Waals surface area contributed by atoms with Gasteiger partial charge in [-0.25, -0.2) is 0 Å². The van der Waals surface area contributed by atoms with Crippen LogP contribution in [-0.2, 0) is 14.3 Å². The summed E-state index contributed by atoms with van der Waals surface area (Å²) in [5, 5.41) is 20.7. The number of rotatable bonds is 4. The number of carbonyl (C=O) groups excluding carboxylic acids is 2. The van der Waals surface area contributed by atoms with Crippen LogP contribution in [0.5, 0.6) is 0 Å². The third-order valence-corrected chi connectivity index (χ3v) is 10.8. The molecule has 3 aliphatic carbocycles. The van der Waals surface area contributed by atoms with E-state index in [-0.39, 0.29) is 11.4 Å². The van der Waals surface area contributed by atoms with E-state index in [1.165, 1.54) is 37.7 Å². The molecule has 0 aromatic rings. The molecule has 3 heterocycles. The number of halogens is 3. The number of aliphatic hydroxyl groups is 1. The average Bonchev–Trinajstić information content (AvgIpc) is 2.74. The number of methoxy groups -OCH3 is 1. The zero-order valence-electron chi connectivity index (χ0n) is 20.5. The molecule has 9 heteroatoms. The molecule has 0 aromatic heterocycles. The first kappa shape index (κ1) is 25.7. The van der Waals surface area contributed by atoms with Gasteiger partial charge in [0.1, 0.15) is 5.97 Å². The minimum Gasteiger partial charge on any atom is -0.542 e. The molecule has 194 valence electrons. The molecule has 2 N–H and O–H groups in total. The molecule has 0 radical (unpaired) electrons. The van der Waals surface area contributed by atoms with Gasteiger partial charge in [-0.1, -0.05) is 20.8 Å². The van der Waals surface area contributed by atoms with Crippen molar-refractivity contribution in [3.8, 4) is 0 Å². The van der Waals surface area contributed by atoms with Gasteiger partial charge in [0.2, 0.25) is 5.72 Å². The summed E-state index contributed by atoms with van der Waals surface area (Å²) in [6.45, 7) is 8.49. The Hall–Kier alpha value is -1.35. The number of ether oxygens (including phenoxy) is 1. The van der Waals surface area contributed by atoms with Crippen LogP contribution < -0.4 is 10.0 Å². The number of hydrogen-bond acceptors (Lipinski definition) is 5. The van der Waals surface area contributed by atoms with Crippen molar-refractivity contribution in [1.82, 2.24) is 0 Å². The Morgan fingerprint density at radius 3 is 2.41 bits per heavy atom. The molecule has 3 saturated carbocycles. The SMILES string of the molecule is COC(=O)CC[C@]12[C@@H]3[C@@H](C(C)C)CC[C@]1(C)[C@@H]1C[C@@H]4[C@@H]2CCC[C@]4(O)[NH+]3C1.O=C([O-])C(F)(F)F. The van der Waals surface area contributed by atoms with Crippen LogP contribution in [0.1, 0.15) is 72.1 Å². The Balaban J connectivity index is 0.000000344. The molecule has 3 aliphatic heterocycles. The molecule has 6 rings (SSSR count). The molecule has 8 bridgehead atoms. The van der Waals surface area contributed by atoms with Gasteiger partial charge in [0.25, 0.3) is 0 Å². The molecule has 6 fully saturated rings. The van der Waals surface area contributed by atoms with Gasteiger partial charge in [0.15, 0.2) is 0 Å². The third-order valence-electron chi connectivity index (χ3n) is 10.8. The van der Waals surface area contributed by atoms with Crippen LogP contribution in [0.4, 0.5) is 13.2 Å². The minimum absolute atomic E-state index is 0.0513. The van der Waals surface area contributed by atoms with Crippen molar-refractivity contribution in [2.24, 2.45) is 40.4 Å². The maximum absolute atomic E-state index is 12.2. The van der Waals surface area contributed by atoms with E-state index < -0.39 is 17.9 Å². The molecule has 0 aromatic carbocycles.